The first-order valence-electron chi connectivity index (χ1n) is 7.80. The minimum absolute atomic E-state index is 0.177. The van der Waals surface area contributed by atoms with E-state index in [1.165, 1.54) is 0 Å². The number of rotatable bonds is 10. The third-order valence-corrected chi connectivity index (χ3v) is 2.65. The van der Waals surface area contributed by atoms with Crippen molar-refractivity contribution in [2.24, 2.45) is 11.3 Å². The largest absolute Gasteiger partial charge is 0.377 e. The van der Waals surface area contributed by atoms with Crippen LogP contribution in [0.4, 0.5) is 0 Å². The normalized spacial score (nSPS) is 12.3. The number of hydrogen-bond acceptors (Lipinski definition) is 2. The molecular formula is C17H33NO2. The van der Waals surface area contributed by atoms with Crippen LogP contribution in [0.3, 0.4) is 0 Å². The van der Waals surface area contributed by atoms with E-state index in [0.29, 0.717) is 18.9 Å². The highest BCUT2D eigenvalue weighted by Gasteiger charge is 2.08. The molecule has 0 radical (unpaired) electrons. The van der Waals surface area contributed by atoms with Gasteiger partial charge in [0, 0.05) is 13.0 Å². The van der Waals surface area contributed by atoms with Crippen molar-refractivity contribution < 1.29 is 9.53 Å². The van der Waals surface area contributed by atoms with E-state index < -0.39 is 0 Å². The molecule has 0 spiro atoms. The molecule has 0 aliphatic rings. The van der Waals surface area contributed by atoms with Gasteiger partial charge in [0.25, 0.3) is 0 Å². The van der Waals surface area contributed by atoms with Gasteiger partial charge in [-0.15, -0.1) is 0 Å². The van der Waals surface area contributed by atoms with Crippen molar-refractivity contribution in [3.63, 3.8) is 0 Å². The molecule has 1 N–H and O–H groups in total. The maximum absolute atomic E-state index is 11.5. The average molecular weight is 283 g/mol. The average Bonchev–Trinajstić information content (AvgIpc) is 2.33. The molecule has 0 saturated carbocycles. The van der Waals surface area contributed by atoms with Gasteiger partial charge >= 0.3 is 0 Å². The van der Waals surface area contributed by atoms with E-state index in [9.17, 15) is 4.79 Å². The second kappa shape index (κ2) is 10.9. The van der Waals surface area contributed by atoms with Crippen molar-refractivity contribution in [3.8, 4) is 0 Å². The van der Waals surface area contributed by atoms with E-state index in [2.05, 4.69) is 52.1 Å². The number of unbranched alkanes of at least 4 members (excludes halogenated alkanes) is 2. The van der Waals surface area contributed by atoms with Crippen LogP contribution >= 0.6 is 0 Å². The van der Waals surface area contributed by atoms with E-state index >= 15 is 0 Å². The first-order valence-corrected chi connectivity index (χ1v) is 7.80. The molecule has 0 aliphatic heterocycles. The number of carbonyl (C=O) groups is 1. The molecule has 20 heavy (non-hydrogen) atoms. The van der Waals surface area contributed by atoms with E-state index in [-0.39, 0.29) is 11.3 Å². The SMILES string of the molecule is CC(C)CNC(=O)CCCC/C=C\COCC(C)(C)C. The molecule has 0 aromatic carbocycles. The first kappa shape index (κ1) is 19.2. The first-order chi connectivity index (χ1) is 9.31. The van der Waals surface area contributed by atoms with Gasteiger partial charge in [-0.05, 0) is 30.6 Å². The third kappa shape index (κ3) is 15.2. The molecule has 0 unspecified atom stereocenters. The van der Waals surface area contributed by atoms with Crippen LogP contribution in [-0.2, 0) is 9.53 Å². The minimum Gasteiger partial charge on any atom is -0.377 e. The molecule has 0 atom stereocenters. The van der Waals surface area contributed by atoms with Gasteiger partial charge in [0.05, 0.1) is 13.2 Å². The van der Waals surface area contributed by atoms with Gasteiger partial charge < -0.3 is 10.1 Å². The summed E-state index contributed by atoms with van der Waals surface area (Å²) in [5.41, 5.74) is 0.233. The highest BCUT2D eigenvalue weighted by Crippen LogP contribution is 2.12. The fraction of sp³-hybridized carbons (Fsp3) is 0.824. The summed E-state index contributed by atoms with van der Waals surface area (Å²) in [5.74, 6) is 0.700. The molecule has 1 amide bonds. The van der Waals surface area contributed by atoms with Crippen molar-refractivity contribution >= 4 is 5.91 Å². The lowest BCUT2D eigenvalue weighted by atomic mass is 9.99. The Morgan fingerprint density at radius 2 is 1.90 bits per heavy atom. The molecule has 0 bridgehead atoms. The standard InChI is InChI=1S/C17H33NO2/c1-15(2)13-18-16(19)11-9-7-6-8-10-12-20-14-17(3,4)5/h8,10,15H,6-7,9,11-14H2,1-5H3,(H,18,19)/b10-8-. The lowest BCUT2D eigenvalue weighted by molar-refractivity contribution is -0.121. The van der Waals surface area contributed by atoms with Gasteiger partial charge in [-0.3, -0.25) is 4.79 Å². The summed E-state index contributed by atoms with van der Waals surface area (Å²) in [5, 5.41) is 2.94. The Kier molecular flexibility index (Phi) is 10.4. The number of amides is 1. The van der Waals surface area contributed by atoms with Crippen molar-refractivity contribution in [2.75, 3.05) is 19.8 Å². The van der Waals surface area contributed by atoms with E-state index in [1.54, 1.807) is 0 Å². The van der Waals surface area contributed by atoms with E-state index in [1.807, 2.05) is 0 Å². The molecule has 0 heterocycles. The zero-order valence-corrected chi connectivity index (χ0v) is 14.0. The fourth-order valence-corrected chi connectivity index (χ4v) is 1.57. The van der Waals surface area contributed by atoms with Gasteiger partial charge in [-0.2, -0.15) is 0 Å². The van der Waals surface area contributed by atoms with Crippen molar-refractivity contribution in [1.29, 1.82) is 0 Å². The van der Waals surface area contributed by atoms with Crippen LogP contribution in [-0.4, -0.2) is 25.7 Å². The van der Waals surface area contributed by atoms with Crippen LogP contribution in [0.2, 0.25) is 0 Å². The highest BCUT2D eigenvalue weighted by molar-refractivity contribution is 5.75. The van der Waals surface area contributed by atoms with Gasteiger partial charge in [0.2, 0.25) is 5.91 Å². The number of ether oxygens (including phenoxy) is 1. The number of carbonyl (C=O) groups excluding carboxylic acids is 1. The molecule has 0 saturated heterocycles. The van der Waals surface area contributed by atoms with Crippen LogP contribution < -0.4 is 5.32 Å². The number of hydrogen-bond donors (Lipinski definition) is 1. The number of nitrogens with one attached hydrogen (secondary N) is 1. The maximum Gasteiger partial charge on any atom is 0.220 e. The van der Waals surface area contributed by atoms with E-state index in [4.69, 9.17) is 4.74 Å². The predicted molar refractivity (Wildman–Crippen MR) is 85.7 cm³/mol. The highest BCUT2D eigenvalue weighted by atomic mass is 16.5. The van der Waals surface area contributed by atoms with Gasteiger partial charge in [-0.1, -0.05) is 46.8 Å². The smallest absolute Gasteiger partial charge is 0.220 e. The van der Waals surface area contributed by atoms with Gasteiger partial charge in [0.1, 0.15) is 0 Å². The van der Waals surface area contributed by atoms with Crippen LogP contribution in [0.1, 0.15) is 60.3 Å². The molecule has 0 aromatic rings. The third-order valence-electron chi connectivity index (χ3n) is 2.65. The Hall–Kier alpha value is -0.830. The van der Waals surface area contributed by atoms with Crippen LogP contribution in [0.5, 0.6) is 0 Å². The predicted octanol–water partition coefficient (Wildman–Crippen LogP) is 3.94. The monoisotopic (exact) mass is 283 g/mol. The Morgan fingerprint density at radius 1 is 1.20 bits per heavy atom. The Balaban J connectivity index is 3.37. The summed E-state index contributed by atoms with van der Waals surface area (Å²) >= 11 is 0. The van der Waals surface area contributed by atoms with Crippen LogP contribution in [0.15, 0.2) is 12.2 Å². The minimum atomic E-state index is 0.177. The zero-order chi connectivity index (χ0) is 15.4. The summed E-state index contributed by atoms with van der Waals surface area (Å²) < 4.78 is 5.55. The van der Waals surface area contributed by atoms with Crippen LogP contribution in [0, 0.1) is 11.3 Å². The van der Waals surface area contributed by atoms with Crippen molar-refractivity contribution in [2.45, 2.75) is 60.3 Å². The molecule has 0 aromatic heterocycles. The lowest BCUT2D eigenvalue weighted by Crippen LogP contribution is -2.26. The second-order valence-electron chi connectivity index (χ2n) is 6.99. The molecule has 3 heteroatoms. The molecule has 0 fully saturated rings. The molecule has 0 aliphatic carbocycles. The Labute approximate surface area is 125 Å². The Morgan fingerprint density at radius 3 is 2.50 bits per heavy atom. The Bertz CT molecular complexity index is 277. The van der Waals surface area contributed by atoms with E-state index in [0.717, 1.165) is 32.4 Å². The van der Waals surface area contributed by atoms with Gasteiger partial charge in [-0.25, -0.2) is 0 Å². The molecule has 0 rings (SSSR count). The molecule has 118 valence electrons. The lowest BCUT2D eigenvalue weighted by Gasteiger charge is -2.16. The van der Waals surface area contributed by atoms with Crippen LogP contribution in [0.25, 0.3) is 0 Å². The summed E-state index contributed by atoms with van der Waals surface area (Å²) in [4.78, 5) is 11.5. The zero-order valence-electron chi connectivity index (χ0n) is 14.0. The van der Waals surface area contributed by atoms with Gasteiger partial charge in [0.15, 0.2) is 0 Å². The summed E-state index contributed by atoms with van der Waals surface area (Å²) in [6.45, 7) is 13.0. The summed E-state index contributed by atoms with van der Waals surface area (Å²) in [6.07, 6.45) is 7.90. The summed E-state index contributed by atoms with van der Waals surface area (Å²) in [6, 6.07) is 0. The molecular weight excluding hydrogens is 250 g/mol. The van der Waals surface area contributed by atoms with Crippen molar-refractivity contribution in [3.05, 3.63) is 12.2 Å². The summed E-state index contributed by atoms with van der Waals surface area (Å²) in [7, 11) is 0. The quantitative estimate of drug-likeness (QED) is 0.487. The second-order valence-corrected chi connectivity index (χ2v) is 6.99. The fourth-order valence-electron chi connectivity index (χ4n) is 1.57. The number of allylic oxidation sites excluding steroid dienone is 1. The molecule has 3 nitrogen and oxygen atoms in total. The maximum atomic E-state index is 11.5. The van der Waals surface area contributed by atoms with Crippen molar-refractivity contribution in [1.82, 2.24) is 5.32 Å². The topological polar surface area (TPSA) is 38.3 Å².